The smallest absolute Gasteiger partial charge is 0.315 e. The van der Waals surface area contributed by atoms with E-state index in [-0.39, 0.29) is 5.97 Å². The molecule has 2 nitrogen and oxygen atoms in total. The summed E-state index contributed by atoms with van der Waals surface area (Å²) in [5.41, 5.74) is 0.414. The first kappa shape index (κ1) is 13.1. The Bertz CT molecular complexity index is 372. The van der Waals surface area contributed by atoms with Crippen LogP contribution in [0.25, 0.3) is 0 Å². The minimum absolute atomic E-state index is 0.203. The third-order valence-corrected chi connectivity index (χ3v) is 3.44. The van der Waals surface area contributed by atoms with E-state index in [1.165, 1.54) is 12.0 Å². The molecule has 0 saturated heterocycles. The molecule has 0 bridgehead atoms. The highest BCUT2D eigenvalue weighted by Gasteiger charge is 2.30. The van der Waals surface area contributed by atoms with Crippen LogP contribution in [0.2, 0.25) is 0 Å². The van der Waals surface area contributed by atoms with Gasteiger partial charge < -0.3 is 4.74 Å². The molecule has 0 atom stereocenters. The first-order valence-electron chi connectivity index (χ1n) is 5.34. The van der Waals surface area contributed by atoms with E-state index in [1.54, 1.807) is 11.8 Å². The van der Waals surface area contributed by atoms with Gasteiger partial charge in [-0.05, 0) is 37.3 Å². The average Bonchev–Trinajstić information content (AvgIpc) is 2.28. The van der Waals surface area contributed by atoms with Crippen LogP contribution < -0.4 is 0 Å². The fraction of sp³-hybridized carbons (Fsp3) is 0.462. The summed E-state index contributed by atoms with van der Waals surface area (Å²) in [6, 6.07) is 8.07. The van der Waals surface area contributed by atoms with E-state index in [1.807, 2.05) is 26.0 Å². The van der Waals surface area contributed by atoms with E-state index in [0.29, 0.717) is 0 Å². The van der Waals surface area contributed by atoms with Crippen molar-refractivity contribution in [1.29, 1.82) is 0 Å². The number of thioether (sulfide) groups is 1. The quantitative estimate of drug-likeness (QED) is 0.595. The Kier molecular flexibility index (Phi) is 4.42. The van der Waals surface area contributed by atoms with Gasteiger partial charge in [-0.3, -0.25) is 4.79 Å². The molecule has 88 valence electrons. The van der Waals surface area contributed by atoms with Crippen LogP contribution in [0.4, 0.5) is 0 Å². The fourth-order valence-corrected chi connectivity index (χ4v) is 2.23. The van der Waals surface area contributed by atoms with Gasteiger partial charge in [0.2, 0.25) is 0 Å². The summed E-state index contributed by atoms with van der Waals surface area (Å²) in [4.78, 5) is 12.9. The molecule has 16 heavy (non-hydrogen) atoms. The van der Waals surface area contributed by atoms with Gasteiger partial charge in [0.05, 0.1) is 12.5 Å². The molecule has 0 aliphatic heterocycles. The zero-order valence-corrected chi connectivity index (χ0v) is 11.1. The van der Waals surface area contributed by atoms with Crippen molar-refractivity contribution in [2.45, 2.75) is 31.1 Å². The Balaban J connectivity index is 3.03. The molecule has 0 aromatic heterocycles. The lowest BCUT2D eigenvalue weighted by Crippen LogP contribution is -2.30. The molecule has 1 aromatic carbocycles. The topological polar surface area (TPSA) is 26.3 Å². The van der Waals surface area contributed by atoms with Crippen molar-refractivity contribution in [3.8, 4) is 0 Å². The van der Waals surface area contributed by atoms with Crippen LogP contribution in [0.5, 0.6) is 0 Å². The number of benzene rings is 1. The zero-order chi connectivity index (χ0) is 12.2. The Labute approximate surface area is 101 Å². The van der Waals surface area contributed by atoms with E-state index in [0.717, 1.165) is 11.3 Å². The first-order chi connectivity index (χ1) is 7.52. The molecule has 0 aliphatic carbocycles. The lowest BCUT2D eigenvalue weighted by atomic mass is 9.85. The van der Waals surface area contributed by atoms with Crippen molar-refractivity contribution in [3.05, 3.63) is 29.8 Å². The van der Waals surface area contributed by atoms with Gasteiger partial charge in [-0.2, -0.15) is 0 Å². The summed E-state index contributed by atoms with van der Waals surface area (Å²) < 4.78 is 4.82. The predicted octanol–water partition coefficient (Wildman–Crippen LogP) is 3.25. The Hall–Kier alpha value is -0.960. The SMILES string of the molecule is CCSc1cccc(C(C)(C)C(=O)OC)c1. The number of esters is 1. The second kappa shape index (κ2) is 5.39. The van der Waals surface area contributed by atoms with E-state index in [4.69, 9.17) is 4.74 Å². The lowest BCUT2D eigenvalue weighted by molar-refractivity contribution is -0.146. The molecule has 0 aliphatic rings. The molecule has 1 rings (SSSR count). The summed E-state index contributed by atoms with van der Waals surface area (Å²) in [6.45, 7) is 5.88. The van der Waals surface area contributed by atoms with Gasteiger partial charge in [0.1, 0.15) is 0 Å². The van der Waals surface area contributed by atoms with E-state index in [2.05, 4.69) is 19.1 Å². The largest absolute Gasteiger partial charge is 0.468 e. The summed E-state index contributed by atoms with van der Waals surface area (Å²) in [7, 11) is 1.43. The minimum atomic E-state index is -0.584. The van der Waals surface area contributed by atoms with Crippen molar-refractivity contribution in [3.63, 3.8) is 0 Å². The maximum atomic E-state index is 11.7. The Morgan fingerprint density at radius 3 is 2.69 bits per heavy atom. The number of ether oxygens (including phenoxy) is 1. The molecule has 0 saturated carbocycles. The lowest BCUT2D eigenvalue weighted by Gasteiger charge is -2.22. The normalized spacial score (nSPS) is 11.2. The van der Waals surface area contributed by atoms with Crippen LogP contribution in [0.1, 0.15) is 26.3 Å². The third-order valence-electron chi connectivity index (χ3n) is 2.56. The van der Waals surface area contributed by atoms with Crippen LogP contribution in [-0.2, 0) is 14.9 Å². The van der Waals surface area contributed by atoms with Crippen LogP contribution in [0.15, 0.2) is 29.2 Å². The summed E-state index contributed by atoms with van der Waals surface area (Å²) >= 11 is 1.77. The predicted molar refractivity (Wildman–Crippen MR) is 67.9 cm³/mol. The van der Waals surface area contributed by atoms with Crippen molar-refractivity contribution < 1.29 is 9.53 Å². The van der Waals surface area contributed by atoms with Crippen LogP contribution in [0, 0.1) is 0 Å². The second-order valence-corrected chi connectivity index (χ2v) is 5.41. The van der Waals surface area contributed by atoms with Gasteiger partial charge >= 0.3 is 5.97 Å². The zero-order valence-electron chi connectivity index (χ0n) is 10.2. The summed E-state index contributed by atoms with van der Waals surface area (Å²) in [6.07, 6.45) is 0. The van der Waals surface area contributed by atoms with E-state index < -0.39 is 5.41 Å². The number of carbonyl (C=O) groups excluding carboxylic acids is 1. The highest BCUT2D eigenvalue weighted by atomic mass is 32.2. The van der Waals surface area contributed by atoms with Gasteiger partial charge in [0, 0.05) is 4.90 Å². The maximum Gasteiger partial charge on any atom is 0.315 e. The molecule has 0 amide bonds. The van der Waals surface area contributed by atoms with E-state index >= 15 is 0 Å². The number of methoxy groups -OCH3 is 1. The minimum Gasteiger partial charge on any atom is -0.468 e. The molecular formula is C13H18O2S. The molecule has 0 N–H and O–H groups in total. The first-order valence-corrected chi connectivity index (χ1v) is 6.32. The molecule has 0 unspecified atom stereocenters. The summed E-state index contributed by atoms with van der Waals surface area (Å²) in [5.74, 6) is 0.827. The molecule has 0 spiro atoms. The number of carbonyl (C=O) groups is 1. The standard InChI is InChI=1S/C13H18O2S/c1-5-16-11-8-6-7-10(9-11)13(2,3)12(14)15-4/h6-9H,5H2,1-4H3. The van der Waals surface area contributed by atoms with Crippen molar-refractivity contribution in [2.24, 2.45) is 0 Å². The molecule has 0 heterocycles. The Morgan fingerprint density at radius 1 is 1.44 bits per heavy atom. The summed E-state index contributed by atoms with van der Waals surface area (Å²) in [5, 5.41) is 0. The van der Waals surface area contributed by atoms with Crippen molar-refractivity contribution in [1.82, 2.24) is 0 Å². The monoisotopic (exact) mass is 238 g/mol. The fourth-order valence-electron chi connectivity index (χ4n) is 1.51. The third kappa shape index (κ3) is 2.79. The molecule has 0 fully saturated rings. The number of hydrogen-bond donors (Lipinski definition) is 0. The van der Waals surface area contributed by atoms with Gasteiger partial charge in [0.15, 0.2) is 0 Å². The van der Waals surface area contributed by atoms with Crippen LogP contribution in [-0.4, -0.2) is 18.8 Å². The van der Waals surface area contributed by atoms with E-state index in [9.17, 15) is 4.79 Å². The second-order valence-electron chi connectivity index (χ2n) is 4.08. The van der Waals surface area contributed by atoms with Crippen LogP contribution in [0.3, 0.4) is 0 Å². The highest BCUT2D eigenvalue weighted by Crippen LogP contribution is 2.28. The van der Waals surface area contributed by atoms with Crippen molar-refractivity contribution >= 4 is 17.7 Å². The number of rotatable bonds is 4. The Morgan fingerprint density at radius 2 is 2.12 bits per heavy atom. The molecular weight excluding hydrogens is 220 g/mol. The van der Waals surface area contributed by atoms with Crippen LogP contribution >= 0.6 is 11.8 Å². The van der Waals surface area contributed by atoms with Gasteiger partial charge in [0.25, 0.3) is 0 Å². The molecule has 0 radical (unpaired) electrons. The number of hydrogen-bond acceptors (Lipinski definition) is 3. The van der Waals surface area contributed by atoms with Gasteiger partial charge in [-0.15, -0.1) is 11.8 Å². The molecule has 1 aromatic rings. The van der Waals surface area contributed by atoms with Crippen molar-refractivity contribution in [2.75, 3.05) is 12.9 Å². The average molecular weight is 238 g/mol. The maximum absolute atomic E-state index is 11.7. The highest BCUT2D eigenvalue weighted by molar-refractivity contribution is 7.99. The van der Waals surface area contributed by atoms with Gasteiger partial charge in [-0.1, -0.05) is 19.1 Å². The molecule has 3 heteroatoms. The van der Waals surface area contributed by atoms with Gasteiger partial charge in [-0.25, -0.2) is 0 Å².